The van der Waals surface area contributed by atoms with E-state index in [0.29, 0.717) is 16.6 Å². The molecule has 1 N–H and O–H groups in total. The van der Waals surface area contributed by atoms with Gasteiger partial charge >= 0.3 is 0 Å². The first kappa shape index (κ1) is 15.1. The number of nitrogens with one attached hydrogen (secondary N) is 1. The van der Waals surface area contributed by atoms with Gasteiger partial charge < -0.3 is 15.1 Å². The summed E-state index contributed by atoms with van der Waals surface area (Å²) >= 11 is 6.02. The summed E-state index contributed by atoms with van der Waals surface area (Å²) in [4.78, 5) is 16.8. The number of rotatable bonds is 3. The SMILES string of the molecule is CNc1ccc(Cl)cc1C(=O)N1CCC(N(C)C)CC1. The Morgan fingerprint density at radius 1 is 1.35 bits per heavy atom. The van der Waals surface area contributed by atoms with Gasteiger partial charge in [0.15, 0.2) is 0 Å². The highest BCUT2D eigenvalue weighted by Gasteiger charge is 2.25. The largest absolute Gasteiger partial charge is 0.387 e. The molecule has 0 aromatic heterocycles. The number of nitrogens with zero attached hydrogens (tertiary/aromatic N) is 2. The second-order valence-electron chi connectivity index (χ2n) is 5.43. The van der Waals surface area contributed by atoms with Gasteiger partial charge in [0, 0.05) is 36.9 Å². The summed E-state index contributed by atoms with van der Waals surface area (Å²) in [6, 6.07) is 5.96. The highest BCUT2D eigenvalue weighted by atomic mass is 35.5. The minimum atomic E-state index is 0.0639. The van der Waals surface area contributed by atoms with Gasteiger partial charge in [0.1, 0.15) is 0 Å². The monoisotopic (exact) mass is 295 g/mol. The number of halogens is 1. The van der Waals surface area contributed by atoms with E-state index in [2.05, 4.69) is 24.3 Å². The first-order valence-electron chi connectivity index (χ1n) is 6.96. The zero-order valence-corrected chi connectivity index (χ0v) is 13.1. The van der Waals surface area contributed by atoms with E-state index in [-0.39, 0.29) is 5.91 Å². The Bertz CT molecular complexity index is 482. The molecule has 0 spiro atoms. The third kappa shape index (κ3) is 3.25. The average Bonchev–Trinajstić information content (AvgIpc) is 2.46. The molecule has 5 heteroatoms. The quantitative estimate of drug-likeness (QED) is 0.931. The Hall–Kier alpha value is -1.26. The standard InChI is InChI=1S/C15H22ClN3O/c1-17-14-5-4-11(16)10-13(14)15(20)19-8-6-12(7-9-19)18(2)3/h4-5,10,12,17H,6-9H2,1-3H3. The molecule has 0 saturated carbocycles. The van der Waals surface area contributed by atoms with E-state index in [1.165, 1.54) is 0 Å². The van der Waals surface area contributed by atoms with Crippen molar-refractivity contribution < 1.29 is 4.79 Å². The van der Waals surface area contributed by atoms with E-state index in [9.17, 15) is 4.79 Å². The maximum Gasteiger partial charge on any atom is 0.256 e. The highest BCUT2D eigenvalue weighted by Crippen LogP contribution is 2.24. The van der Waals surface area contributed by atoms with Crippen molar-refractivity contribution in [3.05, 3.63) is 28.8 Å². The molecular formula is C15H22ClN3O. The highest BCUT2D eigenvalue weighted by molar-refractivity contribution is 6.31. The van der Waals surface area contributed by atoms with Crippen molar-refractivity contribution in [1.82, 2.24) is 9.80 Å². The third-order valence-corrected chi connectivity index (χ3v) is 4.20. The lowest BCUT2D eigenvalue weighted by atomic mass is 10.0. The van der Waals surface area contributed by atoms with Crippen molar-refractivity contribution in [3.63, 3.8) is 0 Å². The molecule has 0 bridgehead atoms. The molecule has 0 unspecified atom stereocenters. The molecule has 1 fully saturated rings. The second-order valence-corrected chi connectivity index (χ2v) is 5.86. The van der Waals surface area contributed by atoms with Crippen LogP contribution in [0.3, 0.4) is 0 Å². The molecule has 20 heavy (non-hydrogen) atoms. The number of carbonyl (C=O) groups is 1. The molecule has 1 heterocycles. The van der Waals surface area contributed by atoms with Crippen LogP contribution in [0.4, 0.5) is 5.69 Å². The van der Waals surface area contributed by atoms with Gasteiger partial charge in [-0.3, -0.25) is 4.79 Å². The van der Waals surface area contributed by atoms with Crippen LogP contribution < -0.4 is 5.32 Å². The maximum atomic E-state index is 12.6. The Morgan fingerprint density at radius 3 is 2.55 bits per heavy atom. The molecule has 1 amide bonds. The van der Waals surface area contributed by atoms with E-state index in [0.717, 1.165) is 31.6 Å². The molecule has 1 aliphatic rings. The van der Waals surface area contributed by atoms with Crippen molar-refractivity contribution in [1.29, 1.82) is 0 Å². The minimum absolute atomic E-state index is 0.0639. The van der Waals surface area contributed by atoms with Gasteiger partial charge in [-0.1, -0.05) is 11.6 Å². The number of likely N-dealkylation sites (tertiary alicyclic amines) is 1. The minimum Gasteiger partial charge on any atom is -0.387 e. The van der Waals surface area contributed by atoms with E-state index < -0.39 is 0 Å². The first-order valence-corrected chi connectivity index (χ1v) is 7.33. The van der Waals surface area contributed by atoms with Crippen LogP contribution in [-0.4, -0.2) is 56.0 Å². The van der Waals surface area contributed by atoms with Gasteiger partial charge in [-0.05, 0) is 45.1 Å². The van der Waals surface area contributed by atoms with Crippen molar-refractivity contribution in [2.24, 2.45) is 0 Å². The molecule has 0 aliphatic carbocycles. The number of amides is 1. The van der Waals surface area contributed by atoms with E-state index in [1.807, 2.05) is 18.0 Å². The zero-order valence-electron chi connectivity index (χ0n) is 12.3. The molecular weight excluding hydrogens is 274 g/mol. The fraction of sp³-hybridized carbons (Fsp3) is 0.533. The summed E-state index contributed by atoms with van der Waals surface area (Å²) < 4.78 is 0. The second kappa shape index (κ2) is 6.46. The number of hydrogen-bond donors (Lipinski definition) is 1. The lowest BCUT2D eigenvalue weighted by Gasteiger charge is -2.35. The Labute approximate surface area is 125 Å². The predicted octanol–water partition coefficient (Wildman–Crippen LogP) is 2.55. The third-order valence-electron chi connectivity index (χ3n) is 3.96. The number of piperidine rings is 1. The van der Waals surface area contributed by atoms with Crippen LogP contribution in [0.1, 0.15) is 23.2 Å². The van der Waals surface area contributed by atoms with Crippen LogP contribution in [0, 0.1) is 0 Å². The van der Waals surface area contributed by atoms with Crippen LogP contribution >= 0.6 is 11.6 Å². The number of carbonyl (C=O) groups excluding carboxylic acids is 1. The lowest BCUT2D eigenvalue weighted by molar-refractivity contribution is 0.0664. The fourth-order valence-corrected chi connectivity index (χ4v) is 2.84. The van der Waals surface area contributed by atoms with Crippen LogP contribution in [0.25, 0.3) is 0 Å². The van der Waals surface area contributed by atoms with Gasteiger partial charge in [-0.2, -0.15) is 0 Å². The summed E-state index contributed by atoms with van der Waals surface area (Å²) in [6.45, 7) is 1.61. The summed E-state index contributed by atoms with van der Waals surface area (Å²) in [5.41, 5.74) is 1.48. The molecule has 110 valence electrons. The van der Waals surface area contributed by atoms with Crippen LogP contribution in [0.5, 0.6) is 0 Å². The first-order chi connectivity index (χ1) is 9.52. The van der Waals surface area contributed by atoms with Crippen molar-refractivity contribution in [2.75, 3.05) is 39.5 Å². The van der Waals surface area contributed by atoms with E-state index in [1.54, 1.807) is 12.1 Å². The average molecular weight is 296 g/mol. The summed E-state index contributed by atoms with van der Waals surface area (Å²) in [5, 5.41) is 3.65. The van der Waals surface area contributed by atoms with Gasteiger partial charge in [-0.25, -0.2) is 0 Å². The molecule has 0 atom stereocenters. The Balaban J connectivity index is 2.11. The number of hydrogen-bond acceptors (Lipinski definition) is 3. The molecule has 1 aromatic carbocycles. The van der Waals surface area contributed by atoms with Crippen molar-refractivity contribution in [3.8, 4) is 0 Å². The zero-order chi connectivity index (χ0) is 14.7. The normalized spacial score (nSPS) is 16.6. The molecule has 2 rings (SSSR count). The van der Waals surface area contributed by atoms with E-state index in [4.69, 9.17) is 11.6 Å². The molecule has 1 aromatic rings. The molecule has 1 aliphatic heterocycles. The smallest absolute Gasteiger partial charge is 0.256 e. The Morgan fingerprint density at radius 2 is 2.00 bits per heavy atom. The fourth-order valence-electron chi connectivity index (χ4n) is 2.67. The van der Waals surface area contributed by atoms with Crippen molar-refractivity contribution >= 4 is 23.2 Å². The summed E-state index contributed by atoms with van der Waals surface area (Å²) in [6.07, 6.45) is 2.04. The van der Waals surface area contributed by atoms with Crippen LogP contribution in [0.15, 0.2) is 18.2 Å². The summed E-state index contributed by atoms with van der Waals surface area (Å²) in [5.74, 6) is 0.0639. The molecule has 4 nitrogen and oxygen atoms in total. The van der Waals surface area contributed by atoms with E-state index >= 15 is 0 Å². The van der Waals surface area contributed by atoms with Gasteiger partial charge in [0.25, 0.3) is 5.91 Å². The predicted molar refractivity (Wildman–Crippen MR) is 83.6 cm³/mol. The maximum absolute atomic E-state index is 12.6. The van der Waals surface area contributed by atoms with Crippen LogP contribution in [0.2, 0.25) is 5.02 Å². The van der Waals surface area contributed by atoms with Gasteiger partial charge in [-0.15, -0.1) is 0 Å². The number of anilines is 1. The van der Waals surface area contributed by atoms with Crippen molar-refractivity contribution in [2.45, 2.75) is 18.9 Å². The molecule has 0 radical (unpaired) electrons. The van der Waals surface area contributed by atoms with Gasteiger partial charge in [0.05, 0.1) is 5.56 Å². The topological polar surface area (TPSA) is 35.6 Å². The molecule has 1 saturated heterocycles. The van der Waals surface area contributed by atoms with Gasteiger partial charge in [0.2, 0.25) is 0 Å². The summed E-state index contributed by atoms with van der Waals surface area (Å²) in [7, 11) is 6.01. The Kier molecular flexibility index (Phi) is 4.89. The number of benzene rings is 1. The van der Waals surface area contributed by atoms with Crippen LogP contribution in [-0.2, 0) is 0 Å². The lowest BCUT2D eigenvalue weighted by Crippen LogP contribution is -2.44.